The topological polar surface area (TPSA) is 26.0 Å². The highest BCUT2D eigenvalue weighted by atomic mass is 14.6. The lowest BCUT2D eigenvalue weighted by atomic mass is 9.50. The maximum atomic E-state index is 6.37. The third-order valence-corrected chi connectivity index (χ3v) is 11.9. The van der Waals surface area contributed by atoms with Crippen molar-refractivity contribution in [1.82, 2.24) is 0 Å². The highest BCUT2D eigenvalue weighted by molar-refractivity contribution is 5.00. The fourth-order valence-corrected chi connectivity index (χ4v) is 9.38. The van der Waals surface area contributed by atoms with Crippen molar-refractivity contribution in [1.29, 1.82) is 0 Å². The Balaban J connectivity index is 1.61. The summed E-state index contributed by atoms with van der Waals surface area (Å²) < 4.78 is 0. The van der Waals surface area contributed by atoms with E-state index in [0.29, 0.717) is 11.3 Å². The molecule has 1 heteroatoms. The Morgan fingerprint density at radius 1 is 0.781 bits per heavy atom. The average molecular weight is 444 g/mol. The number of hydrogen-bond donors (Lipinski definition) is 1. The van der Waals surface area contributed by atoms with Gasteiger partial charge in [0.15, 0.2) is 0 Å². The van der Waals surface area contributed by atoms with Gasteiger partial charge in [-0.25, -0.2) is 0 Å². The monoisotopic (exact) mass is 443 g/mol. The van der Waals surface area contributed by atoms with E-state index < -0.39 is 0 Å². The van der Waals surface area contributed by atoms with Crippen LogP contribution in [0.4, 0.5) is 0 Å². The Morgan fingerprint density at radius 2 is 1.47 bits per heavy atom. The highest BCUT2D eigenvalue weighted by Gasteiger charge is 2.50. The minimum absolute atomic E-state index is 0.625. The summed E-state index contributed by atoms with van der Waals surface area (Å²) in [4.78, 5) is 0. The molecule has 8 unspecified atom stereocenters. The van der Waals surface area contributed by atoms with Gasteiger partial charge in [0.05, 0.1) is 0 Å². The molecule has 0 saturated heterocycles. The molecule has 4 fully saturated rings. The smallest absolute Gasteiger partial charge is 0.00487 e. The molecule has 4 saturated carbocycles. The minimum atomic E-state index is 0.625. The molecule has 0 aromatic rings. The van der Waals surface area contributed by atoms with Crippen molar-refractivity contribution in [3.63, 3.8) is 0 Å². The van der Waals surface area contributed by atoms with Crippen molar-refractivity contribution in [3.8, 4) is 0 Å². The summed E-state index contributed by atoms with van der Waals surface area (Å²) in [7, 11) is 0. The van der Waals surface area contributed by atoms with Gasteiger partial charge in [-0.1, -0.05) is 91.9 Å². The quantitative estimate of drug-likeness (QED) is 0.417. The van der Waals surface area contributed by atoms with Gasteiger partial charge in [-0.3, -0.25) is 0 Å². The van der Waals surface area contributed by atoms with Crippen molar-refractivity contribution in [2.45, 2.75) is 130 Å². The maximum Gasteiger partial charge on any atom is -0.00487 e. The average Bonchev–Trinajstić information content (AvgIpc) is 3.35. The second kappa shape index (κ2) is 11.1. The Hall–Kier alpha value is -0.0400. The SMILES string of the molecule is CC1CCC(C2(CC(C(C)CN)C3CCCC3)CCC(C)C(C3CCCCC3)C2)CC1C. The Kier molecular flexibility index (Phi) is 8.72. The van der Waals surface area contributed by atoms with Crippen LogP contribution < -0.4 is 5.73 Å². The van der Waals surface area contributed by atoms with Crippen molar-refractivity contribution < 1.29 is 0 Å². The lowest BCUT2D eigenvalue weighted by Gasteiger charge is -2.55. The zero-order valence-corrected chi connectivity index (χ0v) is 22.3. The van der Waals surface area contributed by atoms with Crippen molar-refractivity contribution >= 4 is 0 Å². The van der Waals surface area contributed by atoms with Gasteiger partial charge in [-0.2, -0.15) is 0 Å². The summed E-state index contributed by atoms with van der Waals surface area (Å²) in [5, 5.41) is 0. The van der Waals surface area contributed by atoms with Crippen LogP contribution in [0.25, 0.3) is 0 Å². The molecule has 0 aromatic heterocycles. The van der Waals surface area contributed by atoms with Crippen LogP contribution in [0.1, 0.15) is 130 Å². The first-order valence-corrected chi connectivity index (χ1v) is 15.1. The molecular formula is C31H57N. The summed E-state index contributed by atoms with van der Waals surface area (Å²) in [5.41, 5.74) is 7.00. The minimum Gasteiger partial charge on any atom is -0.330 e. The number of nitrogens with two attached hydrogens (primary N) is 1. The second-order valence-electron chi connectivity index (χ2n) is 13.7. The van der Waals surface area contributed by atoms with Crippen LogP contribution in [0, 0.1) is 58.7 Å². The van der Waals surface area contributed by atoms with Gasteiger partial charge in [0.2, 0.25) is 0 Å². The molecule has 1 nitrogen and oxygen atoms in total. The molecule has 0 aromatic carbocycles. The molecule has 2 N–H and O–H groups in total. The number of hydrogen-bond acceptors (Lipinski definition) is 1. The fourth-order valence-electron chi connectivity index (χ4n) is 9.38. The molecule has 4 aliphatic rings. The van der Waals surface area contributed by atoms with E-state index in [1.54, 1.807) is 6.42 Å². The van der Waals surface area contributed by atoms with E-state index in [4.69, 9.17) is 5.73 Å². The predicted molar refractivity (Wildman–Crippen MR) is 139 cm³/mol. The maximum absolute atomic E-state index is 6.37. The van der Waals surface area contributed by atoms with Crippen LogP contribution in [-0.4, -0.2) is 6.54 Å². The summed E-state index contributed by atoms with van der Waals surface area (Å²) in [6.07, 6.45) is 24.2. The molecule has 0 spiro atoms. The third kappa shape index (κ3) is 5.44. The van der Waals surface area contributed by atoms with Crippen molar-refractivity contribution in [3.05, 3.63) is 0 Å². The number of rotatable bonds is 7. The van der Waals surface area contributed by atoms with Crippen molar-refractivity contribution in [2.24, 2.45) is 64.4 Å². The van der Waals surface area contributed by atoms with E-state index in [0.717, 1.165) is 53.9 Å². The zero-order chi connectivity index (χ0) is 22.7. The zero-order valence-electron chi connectivity index (χ0n) is 22.3. The first kappa shape index (κ1) is 25.1. The van der Waals surface area contributed by atoms with Gasteiger partial charge in [0, 0.05) is 0 Å². The largest absolute Gasteiger partial charge is 0.330 e. The molecule has 4 rings (SSSR count). The lowest BCUT2D eigenvalue weighted by Crippen LogP contribution is -2.46. The molecule has 0 heterocycles. The molecule has 4 aliphatic carbocycles. The van der Waals surface area contributed by atoms with E-state index in [9.17, 15) is 0 Å². The van der Waals surface area contributed by atoms with E-state index >= 15 is 0 Å². The molecule has 0 aliphatic heterocycles. The fraction of sp³-hybridized carbons (Fsp3) is 1.00. The molecule has 0 radical (unpaired) electrons. The molecule has 186 valence electrons. The highest BCUT2D eigenvalue weighted by Crippen LogP contribution is 2.59. The van der Waals surface area contributed by atoms with Gasteiger partial charge in [0.1, 0.15) is 0 Å². The van der Waals surface area contributed by atoms with Gasteiger partial charge in [-0.05, 0) is 104 Å². The Bertz CT molecular complexity index is 559. The van der Waals surface area contributed by atoms with Crippen LogP contribution in [0.5, 0.6) is 0 Å². The summed E-state index contributed by atoms with van der Waals surface area (Å²) in [6, 6.07) is 0. The first-order chi connectivity index (χ1) is 15.4. The molecule has 32 heavy (non-hydrogen) atoms. The lowest BCUT2D eigenvalue weighted by molar-refractivity contribution is -0.0491. The summed E-state index contributed by atoms with van der Waals surface area (Å²) >= 11 is 0. The van der Waals surface area contributed by atoms with Gasteiger partial charge < -0.3 is 5.73 Å². The summed E-state index contributed by atoms with van der Waals surface area (Å²) in [5.74, 6) is 8.43. The standard InChI is InChI=1S/C31H57N/c1-22-14-15-28(18-24(22)3)31(20-30(25(4)21-32)27-12-8-9-13-27)17-16-23(2)29(19-31)26-10-6-5-7-11-26/h22-30H,5-21,32H2,1-4H3. The van der Waals surface area contributed by atoms with Gasteiger partial charge in [-0.15, -0.1) is 0 Å². The Labute approximate surface area is 201 Å². The Morgan fingerprint density at radius 3 is 2.12 bits per heavy atom. The summed E-state index contributed by atoms with van der Waals surface area (Å²) in [6.45, 7) is 11.1. The van der Waals surface area contributed by atoms with Crippen LogP contribution in [0.15, 0.2) is 0 Å². The predicted octanol–water partition coefficient (Wildman–Crippen LogP) is 8.85. The molecule has 0 amide bonds. The first-order valence-electron chi connectivity index (χ1n) is 15.1. The van der Waals surface area contributed by atoms with Crippen LogP contribution >= 0.6 is 0 Å². The molecular weight excluding hydrogens is 386 g/mol. The van der Waals surface area contributed by atoms with Crippen LogP contribution in [0.3, 0.4) is 0 Å². The normalized spacial score (nSPS) is 42.1. The van der Waals surface area contributed by atoms with E-state index in [1.165, 1.54) is 96.3 Å². The van der Waals surface area contributed by atoms with Gasteiger partial charge >= 0.3 is 0 Å². The van der Waals surface area contributed by atoms with E-state index in [-0.39, 0.29) is 0 Å². The molecule has 0 bridgehead atoms. The second-order valence-corrected chi connectivity index (χ2v) is 13.7. The van der Waals surface area contributed by atoms with Crippen LogP contribution in [-0.2, 0) is 0 Å². The van der Waals surface area contributed by atoms with Crippen LogP contribution in [0.2, 0.25) is 0 Å². The molecule has 8 atom stereocenters. The third-order valence-electron chi connectivity index (χ3n) is 11.9. The van der Waals surface area contributed by atoms with Gasteiger partial charge in [0.25, 0.3) is 0 Å². The van der Waals surface area contributed by atoms with E-state index in [2.05, 4.69) is 27.7 Å². The van der Waals surface area contributed by atoms with E-state index in [1.807, 2.05) is 0 Å². The van der Waals surface area contributed by atoms with Crippen molar-refractivity contribution in [2.75, 3.05) is 6.54 Å².